The summed E-state index contributed by atoms with van der Waals surface area (Å²) in [6.45, 7) is 3.67. The number of amides is 4. The van der Waals surface area contributed by atoms with Gasteiger partial charge in [0, 0.05) is 19.1 Å². The molecule has 0 radical (unpaired) electrons. The molecule has 0 unspecified atom stereocenters. The Labute approximate surface area is 165 Å². The number of rotatable bonds is 4. The van der Waals surface area contributed by atoms with E-state index in [0.29, 0.717) is 6.54 Å². The molecule has 4 rings (SSSR count). The summed E-state index contributed by atoms with van der Waals surface area (Å²) in [4.78, 5) is 42.4. The van der Waals surface area contributed by atoms with Crippen molar-refractivity contribution in [3.8, 4) is 0 Å². The van der Waals surface area contributed by atoms with E-state index in [1.807, 2.05) is 23.1 Å². The summed E-state index contributed by atoms with van der Waals surface area (Å²) < 4.78 is 0. The fraction of sp³-hybridized carbons (Fsp3) is 0.500. The minimum atomic E-state index is -0.680. The number of benzene rings is 1. The molecule has 148 valence electrons. The molecule has 1 saturated carbocycles. The van der Waals surface area contributed by atoms with Gasteiger partial charge >= 0.3 is 17.8 Å². The third kappa shape index (κ3) is 3.49. The number of carbonyl (C=O) groups is 3. The lowest BCUT2D eigenvalue weighted by atomic mass is 9.85. The first-order chi connectivity index (χ1) is 13.6. The highest BCUT2D eigenvalue weighted by atomic mass is 16.2. The van der Waals surface area contributed by atoms with Crippen molar-refractivity contribution in [3.63, 3.8) is 0 Å². The van der Waals surface area contributed by atoms with Crippen molar-refractivity contribution in [1.82, 2.24) is 14.7 Å². The fourth-order valence-electron chi connectivity index (χ4n) is 4.57. The largest absolute Gasteiger partial charge is 0.335 e. The highest BCUT2D eigenvalue weighted by Gasteiger charge is 2.49. The molecule has 1 saturated heterocycles. The molecule has 2 aliphatic heterocycles. The number of nitrogens with zero attached hydrogens (tertiary/aromatic N) is 3. The smallest absolute Gasteiger partial charge is 0.281 e. The molecule has 6 heteroatoms. The molecule has 1 aromatic rings. The van der Waals surface area contributed by atoms with Crippen molar-refractivity contribution in [1.29, 1.82) is 0 Å². The predicted octanol–water partition coefficient (Wildman–Crippen LogP) is 3.10. The first kappa shape index (κ1) is 18.9. The van der Waals surface area contributed by atoms with Crippen molar-refractivity contribution < 1.29 is 14.4 Å². The maximum absolute atomic E-state index is 12.9. The van der Waals surface area contributed by atoms with Crippen LogP contribution in [0, 0.1) is 5.92 Å². The van der Waals surface area contributed by atoms with Crippen LogP contribution >= 0.6 is 0 Å². The molecule has 6 nitrogen and oxygen atoms in total. The van der Waals surface area contributed by atoms with Crippen molar-refractivity contribution in [2.45, 2.75) is 45.1 Å². The van der Waals surface area contributed by atoms with Crippen LogP contribution in [-0.2, 0) is 9.59 Å². The summed E-state index contributed by atoms with van der Waals surface area (Å²) in [6.07, 6.45) is 6.92. The average molecular weight is 381 g/mol. The van der Waals surface area contributed by atoms with Gasteiger partial charge in [-0.1, -0.05) is 56.2 Å². The lowest BCUT2D eigenvalue weighted by molar-refractivity contribution is -0.145. The summed E-state index contributed by atoms with van der Waals surface area (Å²) in [6, 6.07) is 9.65. The zero-order chi connectivity index (χ0) is 19.7. The molecule has 2 fully saturated rings. The zero-order valence-corrected chi connectivity index (χ0v) is 16.3. The van der Waals surface area contributed by atoms with Crippen molar-refractivity contribution >= 4 is 23.4 Å². The number of imide groups is 2. The molecule has 0 aromatic heterocycles. The van der Waals surface area contributed by atoms with Crippen LogP contribution in [0.25, 0.3) is 5.57 Å². The van der Waals surface area contributed by atoms with E-state index in [1.54, 1.807) is 0 Å². The van der Waals surface area contributed by atoms with Gasteiger partial charge in [-0.05, 0) is 36.3 Å². The van der Waals surface area contributed by atoms with Gasteiger partial charge in [0.1, 0.15) is 0 Å². The Hall–Kier alpha value is -2.47. The summed E-state index contributed by atoms with van der Waals surface area (Å²) >= 11 is 0. The topological polar surface area (TPSA) is 60.9 Å². The van der Waals surface area contributed by atoms with Crippen molar-refractivity contribution in [2.24, 2.45) is 5.92 Å². The summed E-state index contributed by atoms with van der Waals surface area (Å²) in [5, 5.41) is 0. The van der Waals surface area contributed by atoms with Gasteiger partial charge in [-0.15, -0.1) is 0 Å². The predicted molar refractivity (Wildman–Crippen MR) is 106 cm³/mol. The lowest BCUT2D eigenvalue weighted by Gasteiger charge is -2.34. The van der Waals surface area contributed by atoms with Gasteiger partial charge in [0.15, 0.2) is 0 Å². The Morgan fingerprint density at radius 3 is 2.43 bits per heavy atom. The molecule has 0 spiro atoms. The molecule has 3 aliphatic rings. The van der Waals surface area contributed by atoms with Crippen LogP contribution in [0.4, 0.5) is 4.79 Å². The van der Waals surface area contributed by atoms with Gasteiger partial charge in [-0.2, -0.15) is 0 Å². The standard InChI is InChI=1S/C22H27N3O3/c1-16-7-5-6-10-19(16)25-21(27)20(26)24(22(25)28)15-23-13-11-18(12-14-23)17-8-3-2-4-9-17/h2-4,8-9,11,16,19H,5-7,10,12-15H2,1H3/t16-,19+/m0/s1. The molecule has 28 heavy (non-hydrogen) atoms. The normalized spacial score (nSPS) is 26.8. The first-order valence-corrected chi connectivity index (χ1v) is 10.2. The molecule has 4 amide bonds. The molecule has 2 atom stereocenters. The molecule has 0 N–H and O–H groups in total. The Bertz CT molecular complexity index is 805. The van der Waals surface area contributed by atoms with E-state index in [-0.39, 0.29) is 18.6 Å². The number of carbonyl (C=O) groups excluding carboxylic acids is 3. The van der Waals surface area contributed by atoms with Crippen LogP contribution in [0.2, 0.25) is 0 Å². The summed E-state index contributed by atoms with van der Waals surface area (Å²) in [5.74, 6) is -1.08. The maximum Gasteiger partial charge on any atom is 0.335 e. The Morgan fingerprint density at radius 2 is 1.75 bits per heavy atom. The van der Waals surface area contributed by atoms with Crippen molar-refractivity contribution in [2.75, 3.05) is 19.8 Å². The van der Waals surface area contributed by atoms with Gasteiger partial charge in [-0.3, -0.25) is 19.4 Å². The third-order valence-corrected chi connectivity index (χ3v) is 6.26. The van der Waals surface area contributed by atoms with E-state index in [2.05, 4.69) is 25.1 Å². The number of hydrogen-bond acceptors (Lipinski definition) is 4. The van der Waals surface area contributed by atoms with Crippen LogP contribution in [-0.4, -0.2) is 58.3 Å². The first-order valence-electron chi connectivity index (χ1n) is 10.2. The van der Waals surface area contributed by atoms with Gasteiger partial charge in [0.05, 0.1) is 6.67 Å². The van der Waals surface area contributed by atoms with Crippen LogP contribution < -0.4 is 0 Å². The zero-order valence-electron chi connectivity index (χ0n) is 16.3. The van der Waals surface area contributed by atoms with Gasteiger partial charge in [0.2, 0.25) is 0 Å². The van der Waals surface area contributed by atoms with E-state index in [4.69, 9.17) is 0 Å². The van der Waals surface area contributed by atoms with E-state index in [0.717, 1.165) is 43.5 Å². The molecular formula is C22H27N3O3. The van der Waals surface area contributed by atoms with E-state index in [1.165, 1.54) is 16.0 Å². The highest BCUT2D eigenvalue weighted by Crippen LogP contribution is 2.31. The van der Waals surface area contributed by atoms with Crippen LogP contribution in [0.3, 0.4) is 0 Å². The number of hydrogen-bond donors (Lipinski definition) is 0. The Kier molecular flexibility index (Phi) is 5.31. The summed E-state index contributed by atoms with van der Waals surface area (Å²) in [5.41, 5.74) is 2.49. The molecule has 0 bridgehead atoms. The second kappa shape index (κ2) is 7.87. The summed E-state index contributed by atoms with van der Waals surface area (Å²) in [7, 11) is 0. The minimum Gasteiger partial charge on any atom is -0.281 e. The average Bonchev–Trinajstić information content (AvgIpc) is 2.93. The Morgan fingerprint density at radius 1 is 1.00 bits per heavy atom. The number of urea groups is 1. The monoisotopic (exact) mass is 381 g/mol. The van der Waals surface area contributed by atoms with E-state index in [9.17, 15) is 14.4 Å². The van der Waals surface area contributed by atoms with E-state index >= 15 is 0 Å². The Balaban J connectivity index is 1.42. The maximum atomic E-state index is 12.9. The second-order valence-corrected chi connectivity index (χ2v) is 8.08. The molecule has 2 heterocycles. The SMILES string of the molecule is C[C@H]1CCCC[C@H]1N1C(=O)C(=O)N(CN2CC=C(c3ccccc3)CC2)C1=O. The molecule has 1 aromatic carbocycles. The molecular weight excluding hydrogens is 354 g/mol. The van der Waals surface area contributed by atoms with Crippen LogP contribution in [0.5, 0.6) is 0 Å². The van der Waals surface area contributed by atoms with Gasteiger partial charge in [-0.25, -0.2) is 9.69 Å². The van der Waals surface area contributed by atoms with Gasteiger partial charge < -0.3 is 0 Å². The van der Waals surface area contributed by atoms with Crippen molar-refractivity contribution in [3.05, 3.63) is 42.0 Å². The van der Waals surface area contributed by atoms with Crippen LogP contribution in [0.15, 0.2) is 36.4 Å². The third-order valence-electron chi connectivity index (χ3n) is 6.26. The minimum absolute atomic E-state index is 0.145. The fourth-order valence-corrected chi connectivity index (χ4v) is 4.57. The lowest BCUT2D eigenvalue weighted by Crippen LogP contribution is -2.47. The second-order valence-electron chi connectivity index (χ2n) is 8.08. The highest BCUT2D eigenvalue weighted by molar-refractivity contribution is 6.44. The van der Waals surface area contributed by atoms with E-state index < -0.39 is 17.8 Å². The quantitative estimate of drug-likeness (QED) is 0.594. The van der Waals surface area contributed by atoms with Gasteiger partial charge in [0.25, 0.3) is 0 Å². The van der Waals surface area contributed by atoms with Crippen LogP contribution in [0.1, 0.15) is 44.6 Å². The molecule has 1 aliphatic carbocycles.